The van der Waals surface area contributed by atoms with Crippen molar-refractivity contribution in [3.05, 3.63) is 11.9 Å². The lowest BCUT2D eigenvalue weighted by Gasteiger charge is -2.20. The maximum Gasteiger partial charge on any atom is 0.271 e. The molecule has 18 heavy (non-hydrogen) atoms. The van der Waals surface area contributed by atoms with Crippen molar-refractivity contribution in [2.45, 2.75) is 33.4 Å². The van der Waals surface area contributed by atoms with E-state index in [0.717, 1.165) is 6.54 Å². The van der Waals surface area contributed by atoms with Crippen molar-refractivity contribution in [3.8, 4) is 0 Å². The molecular formula is C12H23N5O. The Morgan fingerprint density at radius 3 is 2.83 bits per heavy atom. The predicted octanol–water partition coefficient (Wildman–Crippen LogP) is 0.555. The molecule has 0 aliphatic rings. The van der Waals surface area contributed by atoms with E-state index in [-0.39, 0.29) is 5.91 Å². The van der Waals surface area contributed by atoms with Crippen molar-refractivity contribution in [3.63, 3.8) is 0 Å². The minimum atomic E-state index is -0.163. The van der Waals surface area contributed by atoms with Gasteiger partial charge in [-0.15, -0.1) is 0 Å². The van der Waals surface area contributed by atoms with Crippen molar-refractivity contribution < 1.29 is 4.79 Å². The first-order valence-electron chi connectivity index (χ1n) is 6.27. The summed E-state index contributed by atoms with van der Waals surface area (Å²) in [6.07, 6.45) is 1.51. The van der Waals surface area contributed by atoms with Crippen LogP contribution in [0.5, 0.6) is 0 Å². The van der Waals surface area contributed by atoms with E-state index in [4.69, 9.17) is 5.73 Å². The highest BCUT2D eigenvalue weighted by Crippen LogP contribution is 2.10. The Morgan fingerprint density at radius 1 is 1.61 bits per heavy atom. The molecule has 0 aliphatic heterocycles. The van der Waals surface area contributed by atoms with E-state index in [1.807, 2.05) is 14.0 Å². The van der Waals surface area contributed by atoms with E-state index >= 15 is 0 Å². The van der Waals surface area contributed by atoms with Crippen LogP contribution in [0.2, 0.25) is 0 Å². The van der Waals surface area contributed by atoms with Gasteiger partial charge in [0.15, 0.2) is 0 Å². The highest BCUT2D eigenvalue weighted by molar-refractivity contribution is 5.97. The molecule has 0 unspecified atom stereocenters. The Morgan fingerprint density at radius 2 is 2.28 bits per heavy atom. The van der Waals surface area contributed by atoms with Gasteiger partial charge in [-0.25, -0.2) is 0 Å². The van der Waals surface area contributed by atoms with E-state index in [9.17, 15) is 4.79 Å². The topological polar surface area (TPSA) is 76.2 Å². The summed E-state index contributed by atoms with van der Waals surface area (Å²) in [6.45, 7) is 8.20. The zero-order valence-corrected chi connectivity index (χ0v) is 11.6. The Labute approximate surface area is 108 Å². The molecule has 102 valence electrons. The van der Waals surface area contributed by atoms with E-state index in [0.29, 0.717) is 30.5 Å². The zero-order chi connectivity index (χ0) is 13.7. The Bertz CT molecular complexity index is 399. The molecule has 0 saturated heterocycles. The van der Waals surface area contributed by atoms with Crippen LogP contribution in [0.1, 0.15) is 31.3 Å². The molecule has 0 bridgehead atoms. The standard InChI is InChI=1S/C12H23N5O/c1-5-17-11(10(13)8-15-17)12(18)14-6-7-16(4)9(2)3/h8-9H,5-7,13H2,1-4H3,(H,14,18). The van der Waals surface area contributed by atoms with Crippen LogP contribution in [-0.4, -0.2) is 46.8 Å². The number of hydrogen-bond donors (Lipinski definition) is 2. The van der Waals surface area contributed by atoms with Gasteiger partial charge in [-0.2, -0.15) is 5.10 Å². The molecule has 3 N–H and O–H groups in total. The lowest BCUT2D eigenvalue weighted by Crippen LogP contribution is -2.37. The molecule has 1 rings (SSSR count). The van der Waals surface area contributed by atoms with Crippen LogP contribution in [0, 0.1) is 0 Å². The fourth-order valence-corrected chi connectivity index (χ4v) is 1.58. The number of nitrogen functional groups attached to an aromatic ring is 1. The lowest BCUT2D eigenvalue weighted by molar-refractivity contribution is 0.0938. The monoisotopic (exact) mass is 253 g/mol. The molecule has 0 aromatic carbocycles. The number of likely N-dealkylation sites (N-methyl/N-ethyl adjacent to an activating group) is 1. The third kappa shape index (κ3) is 3.46. The number of aromatic nitrogens is 2. The first-order valence-corrected chi connectivity index (χ1v) is 6.27. The van der Waals surface area contributed by atoms with Crippen LogP contribution in [0.3, 0.4) is 0 Å². The van der Waals surface area contributed by atoms with Crippen LogP contribution in [-0.2, 0) is 6.54 Å². The second kappa shape index (κ2) is 6.39. The summed E-state index contributed by atoms with van der Waals surface area (Å²) in [5.74, 6) is -0.163. The fourth-order valence-electron chi connectivity index (χ4n) is 1.58. The molecule has 1 aromatic heterocycles. The predicted molar refractivity (Wildman–Crippen MR) is 72.4 cm³/mol. The van der Waals surface area contributed by atoms with Crippen LogP contribution in [0.15, 0.2) is 6.20 Å². The smallest absolute Gasteiger partial charge is 0.271 e. The average molecular weight is 253 g/mol. The molecule has 6 nitrogen and oxygen atoms in total. The summed E-state index contributed by atoms with van der Waals surface area (Å²) in [6, 6.07) is 0.466. The van der Waals surface area contributed by atoms with E-state index in [1.54, 1.807) is 4.68 Å². The minimum Gasteiger partial charge on any atom is -0.396 e. The summed E-state index contributed by atoms with van der Waals surface area (Å²) in [4.78, 5) is 14.2. The number of carbonyl (C=O) groups is 1. The largest absolute Gasteiger partial charge is 0.396 e. The number of amides is 1. The molecule has 0 fully saturated rings. The Kier molecular flexibility index (Phi) is 5.15. The summed E-state index contributed by atoms with van der Waals surface area (Å²) >= 11 is 0. The second-order valence-corrected chi connectivity index (χ2v) is 4.59. The van der Waals surface area contributed by atoms with Gasteiger partial charge in [0, 0.05) is 25.7 Å². The first-order chi connectivity index (χ1) is 8.47. The number of nitrogens with two attached hydrogens (primary N) is 1. The highest BCUT2D eigenvalue weighted by Gasteiger charge is 2.15. The van der Waals surface area contributed by atoms with Crippen molar-refractivity contribution in [2.24, 2.45) is 0 Å². The maximum atomic E-state index is 12.0. The zero-order valence-electron chi connectivity index (χ0n) is 11.6. The molecule has 6 heteroatoms. The lowest BCUT2D eigenvalue weighted by atomic mass is 10.3. The number of anilines is 1. The van der Waals surface area contributed by atoms with Crippen LogP contribution in [0.4, 0.5) is 5.69 Å². The van der Waals surface area contributed by atoms with Crippen molar-refractivity contribution in [1.29, 1.82) is 0 Å². The van der Waals surface area contributed by atoms with Gasteiger partial charge in [0.05, 0.1) is 11.9 Å². The van der Waals surface area contributed by atoms with Crippen molar-refractivity contribution in [2.75, 3.05) is 25.9 Å². The van der Waals surface area contributed by atoms with E-state index in [2.05, 4.69) is 29.2 Å². The Hall–Kier alpha value is -1.56. The molecule has 0 radical (unpaired) electrons. The minimum absolute atomic E-state index is 0.163. The second-order valence-electron chi connectivity index (χ2n) is 4.59. The molecule has 0 atom stereocenters. The van der Waals surface area contributed by atoms with Gasteiger partial charge < -0.3 is 16.0 Å². The summed E-state index contributed by atoms with van der Waals surface area (Å²) in [5.41, 5.74) is 6.61. The molecule has 1 heterocycles. The van der Waals surface area contributed by atoms with Gasteiger partial charge in [-0.3, -0.25) is 9.48 Å². The molecule has 0 spiro atoms. The molecule has 1 amide bonds. The molecule has 0 aliphatic carbocycles. The normalized spacial score (nSPS) is 11.2. The number of nitrogens with zero attached hydrogens (tertiary/aromatic N) is 3. The maximum absolute atomic E-state index is 12.0. The van der Waals surface area contributed by atoms with Crippen LogP contribution in [0.25, 0.3) is 0 Å². The fraction of sp³-hybridized carbons (Fsp3) is 0.667. The van der Waals surface area contributed by atoms with E-state index < -0.39 is 0 Å². The summed E-state index contributed by atoms with van der Waals surface area (Å²) in [7, 11) is 2.03. The summed E-state index contributed by atoms with van der Waals surface area (Å²) < 4.78 is 1.61. The van der Waals surface area contributed by atoms with Gasteiger partial charge in [-0.1, -0.05) is 0 Å². The molecular weight excluding hydrogens is 230 g/mol. The van der Waals surface area contributed by atoms with Crippen LogP contribution >= 0.6 is 0 Å². The van der Waals surface area contributed by atoms with Gasteiger partial charge in [-0.05, 0) is 27.8 Å². The average Bonchev–Trinajstić information content (AvgIpc) is 2.69. The van der Waals surface area contributed by atoms with Crippen molar-refractivity contribution in [1.82, 2.24) is 20.0 Å². The Balaban J connectivity index is 2.53. The van der Waals surface area contributed by atoms with E-state index in [1.165, 1.54) is 6.20 Å². The number of nitrogens with one attached hydrogen (secondary N) is 1. The highest BCUT2D eigenvalue weighted by atomic mass is 16.2. The molecule has 1 aromatic rings. The number of carbonyl (C=O) groups excluding carboxylic acids is 1. The van der Waals surface area contributed by atoms with Crippen LogP contribution < -0.4 is 11.1 Å². The third-order valence-corrected chi connectivity index (χ3v) is 3.01. The van der Waals surface area contributed by atoms with Gasteiger partial charge in [0.25, 0.3) is 5.91 Å². The summed E-state index contributed by atoms with van der Waals surface area (Å²) in [5, 5.41) is 6.91. The number of rotatable bonds is 6. The van der Waals surface area contributed by atoms with Gasteiger partial charge in [0.2, 0.25) is 0 Å². The van der Waals surface area contributed by atoms with Gasteiger partial charge in [0.1, 0.15) is 5.69 Å². The number of hydrogen-bond acceptors (Lipinski definition) is 4. The SMILES string of the molecule is CCn1ncc(N)c1C(=O)NCCN(C)C(C)C. The van der Waals surface area contributed by atoms with Gasteiger partial charge >= 0.3 is 0 Å². The van der Waals surface area contributed by atoms with Crippen molar-refractivity contribution >= 4 is 11.6 Å². The third-order valence-electron chi connectivity index (χ3n) is 3.01. The molecule has 0 saturated carbocycles. The quantitative estimate of drug-likeness (QED) is 0.776. The first kappa shape index (κ1) is 14.5. The number of aryl methyl sites for hydroxylation is 1.